The number of ether oxygens (including phenoxy) is 4. The molecule has 0 spiro atoms. The number of hydrogen-bond donors (Lipinski definition) is 0. The molecular weight excluding hydrogens is 224 g/mol. The average molecular weight is 238 g/mol. The summed E-state index contributed by atoms with van der Waals surface area (Å²) < 4.78 is 20.7. The monoisotopic (exact) mass is 238 g/mol. The quantitative estimate of drug-likeness (QED) is 0.690. The van der Waals surface area contributed by atoms with Crippen LogP contribution in [-0.2, 0) is 23.7 Å². The fourth-order valence-electron chi connectivity index (χ4n) is 1.46. The normalized spacial score (nSPS) is 28.5. The van der Waals surface area contributed by atoms with E-state index in [1.165, 1.54) is 6.08 Å². The van der Waals surface area contributed by atoms with Crippen molar-refractivity contribution in [3.05, 3.63) is 36.8 Å². The van der Waals surface area contributed by atoms with Crippen molar-refractivity contribution in [1.82, 2.24) is 0 Å². The van der Waals surface area contributed by atoms with E-state index in [4.69, 9.17) is 18.9 Å². The van der Waals surface area contributed by atoms with Crippen LogP contribution in [0, 0.1) is 0 Å². The van der Waals surface area contributed by atoms with Crippen LogP contribution in [0.1, 0.15) is 6.42 Å². The van der Waals surface area contributed by atoms with Crippen molar-refractivity contribution in [2.45, 2.75) is 19.0 Å². The fourth-order valence-corrected chi connectivity index (χ4v) is 1.46. The number of carbonyl (C=O) groups excluding carboxylic acids is 1. The largest absolute Gasteiger partial charge is 0.467 e. The van der Waals surface area contributed by atoms with E-state index in [0.29, 0.717) is 24.7 Å². The summed E-state index contributed by atoms with van der Waals surface area (Å²) in [5, 5.41) is 0. The van der Waals surface area contributed by atoms with E-state index in [-0.39, 0.29) is 12.2 Å². The van der Waals surface area contributed by atoms with Crippen LogP contribution in [0.3, 0.4) is 0 Å². The molecule has 0 amide bonds. The first-order valence-electron chi connectivity index (χ1n) is 5.26. The summed E-state index contributed by atoms with van der Waals surface area (Å²) in [6.45, 7) is 7.91. The third kappa shape index (κ3) is 3.44. The smallest absolute Gasteiger partial charge is 0.220 e. The summed E-state index contributed by atoms with van der Waals surface area (Å²) in [6.07, 6.45) is 2.05. The number of rotatable bonds is 4. The van der Waals surface area contributed by atoms with Gasteiger partial charge in [0.05, 0.1) is 6.42 Å². The zero-order valence-electron chi connectivity index (χ0n) is 9.39. The summed E-state index contributed by atoms with van der Waals surface area (Å²) >= 11 is 0. The van der Waals surface area contributed by atoms with Gasteiger partial charge in [-0.2, -0.15) is 0 Å². The molecule has 2 aliphatic heterocycles. The van der Waals surface area contributed by atoms with Crippen LogP contribution in [0.4, 0.5) is 0 Å². The van der Waals surface area contributed by atoms with Crippen LogP contribution in [0.15, 0.2) is 36.8 Å². The van der Waals surface area contributed by atoms with Gasteiger partial charge in [-0.15, -0.1) is 0 Å². The van der Waals surface area contributed by atoms with E-state index in [9.17, 15) is 4.79 Å². The van der Waals surface area contributed by atoms with E-state index < -0.39 is 12.6 Å². The molecule has 17 heavy (non-hydrogen) atoms. The second-order valence-corrected chi connectivity index (χ2v) is 3.76. The highest BCUT2D eigenvalue weighted by molar-refractivity contribution is 5.89. The third-order valence-electron chi connectivity index (χ3n) is 2.23. The van der Waals surface area contributed by atoms with E-state index in [1.54, 1.807) is 6.08 Å². The van der Waals surface area contributed by atoms with Crippen molar-refractivity contribution in [3.8, 4) is 0 Å². The predicted molar refractivity (Wildman–Crippen MR) is 58.7 cm³/mol. The van der Waals surface area contributed by atoms with Gasteiger partial charge < -0.3 is 18.9 Å². The molecule has 0 aliphatic carbocycles. The molecule has 0 aromatic heterocycles. The first-order valence-corrected chi connectivity index (χ1v) is 5.26. The topological polar surface area (TPSA) is 54.0 Å². The van der Waals surface area contributed by atoms with Gasteiger partial charge in [-0.05, 0) is 12.2 Å². The van der Waals surface area contributed by atoms with Crippen molar-refractivity contribution in [2.75, 3.05) is 13.2 Å². The maximum absolute atomic E-state index is 11.5. The highest BCUT2D eigenvalue weighted by atomic mass is 16.7. The van der Waals surface area contributed by atoms with Crippen molar-refractivity contribution in [2.24, 2.45) is 0 Å². The minimum atomic E-state index is -0.528. The molecule has 2 unspecified atom stereocenters. The minimum Gasteiger partial charge on any atom is -0.467 e. The zero-order chi connectivity index (χ0) is 12.3. The highest BCUT2D eigenvalue weighted by Gasteiger charge is 2.22. The number of hydrogen-bond acceptors (Lipinski definition) is 5. The average Bonchev–Trinajstić information content (AvgIpc) is 2.85. The highest BCUT2D eigenvalue weighted by Crippen LogP contribution is 2.17. The van der Waals surface area contributed by atoms with E-state index in [0.717, 1.165) is 0 Å². The van der Waals surface area contributed by atoms with Gasteiger partial charge in [0.1, 0.15) is 24.7 Å². The Hall–Kier alpha value is -1.59. The Morgan fingerprint density at radius 1 is 1.24 bits per heavy atom. The first kappa shape index (κ1) is 11.9. The van der Waals surface area contributed by atoms with Crippen LogP contribution in [0.5, 0.6) is 0 Å². The Labute approximate surface area is 99.3 Å². The molecule has 2 fully saturated rings. The Morgan fingerprint density at radius 3 is 2.53 bits per heavy atom. The lowest BCUT2D eigenvalue weighted by atomic mass is 10.2. The number of carbonyl (C=O) groups is 1. The molecule has 0 aromatic carbocycles. The fraction of sp³-hybridized carbons (Fsp3) is 0.417. The molecule has 2 rings (SSSR count). The Morgan fingerprint density at radius 2 is 1.94 bits per heavy atom. The number of ketones is 1. The maximum Gasteiger partial charge on any atom is 0.220 e. The molecular formula is C12H14O5. The van der Waals surface area contributed by atoms with Crippen LogP contribution >= 0.6 is 0 Å². The lowest BCUT2D eigenvalue weighted by Gasteiger charge is -2.06. The van der Waals surface area contributed by atoms with E-state index in [1.807, 2.05) is 0 Å². The summed E-state index contributed by atoms with van der Waals surface area (Å²) in [7, 11) is 0. The van der Waals surface area contributed by atoms with Crippen LogP contribution in [0.2, 0.25) is 0 Å². The molecule has 5 heteroatoms. The Bertz CT molecular complexity index is 371. The van der Waals surface area contributed by atoms with Crippen LogP contribution < -0.4 is 0 Å². The molecule has 0 saturated carbocycles. The maximum atomic E-state index is 11.5. The number of allylic oxidation sites excluding steroid dienone is 1. The molecule has 2 saturated heterocycles. The second-order valence-electron chi connectivity index (χ2n) is 3.76. The summed E-state index contributed by atoms with van der Waals surface area (Å²) in [4.78, 5) is 11.5. The summed E-state index contributed by atoms with van der Waals surface area (Å²) in [5.74, 6) is 0.991. The van der Waals surface area contributed by atoms with Crippen molar-refractivity contribution >= 4 is 5.78 Å². The first-order chi connectivity index (χ1) is 8.13. The minimum absolute atomic E-state index is 0.116. The summed E-state index contributed by atoms with van der Waals surface area (Å²) in [5.41, 5.74) is 0. The van der Waals surface area contributed by atoms with Gasteiger partial charge in [-0.1, -0.05) is 13.2 Å². The van der Waals surface area contributed by atoms with E-state index >= 15 is 0 Å². The van der Waals surface area contributed by atoms with Crippen molar-refractivity contribution in [3.63, 3.8) is 0 Å². The van der Waals surface area contributed by atoms with Gasteiger partial charge in [0.25, 0.3) is 0 Å². The molecule has 2 heterocycles. The van der Waals surface area contributed by atoms with Gasteiger partial charge in [-0.3, -0.25) is 4.79 Å². The van der Waals surface area contributed by atoms with Crippen molar-refractivity contribution in [1.29, 1.82) is 0 Å². The molecule has 0 radical (unpaired) electrons. The second kappa shape index (κ2) is 5.16. The van der Waals surface area contributed by atoms with Crippen LogP contribution in [-0.4, -0.2) is 31.6 Å². The molecule has 92 valence electrons. The zero-order valence-corrected chi connectivity index (χ0v) is 9.39. The Balaban J connectivity index is 1.75. The lowest BCUT2D eigenvalue weighted by Crippen LogP contribution is -2.13. The third-order valence-corrected chi connectivity index (χ3v) is 2.23. The molecule has 0 N–H and O–H groups in total. The molecule has 2 atom stereocenters. The van der Waals surface area contributed by atoms with Gasteiger partial charge in [0.15, 0.2) is 5.78 Å². The standard InChI is InChI=1S/C12H14O5/c1-8-6-14-11(16-8)4-3-10(13)5-12-15-7-9(2)17-12/h3-4,11-12H,1-2,5-7H2. The summed E-state index contributed by atoms with van der Waals surface area (Å²) in [6, 6.07) is 0. The van der Waals surface area contributed by atoms with E-state index in [2.05, 4.69) is 13.2 Å². The Kier molecular flexibility index (Phi) is 3.61. The van der Waals surface area contributed by atoms with Gasteiger partial charge in [0.2, 0.25) is 12.6 Å². The van der Waals surface area contributed by atoms with Gasteiger partial charge in [0, 0.05) is 0 Å². The SMILES string of the molecule is C=C1COC(C=CC(=O)CC2OCC(=C)O2)O1. The van der Waals surface area contributed by atoms with Crippen molar-refractivity contribution < 1.29 is 23.7 Å². The molecule has 0 aromatic rings. The molecule has 2 aliphatic rings. The lowest BCUT2D eigenvalue weighted by molar-refractivity contribution is -0.122. The van der Waals surface area contributed by atoms with Gasteiger partial charge in [-0.25, -0.2) is 0 Å². The van der Waals surface area contributed by atoms with Crippen LogP contribution in [0.25, 0.3) is 0 Å². The molecule has 5 nitrogen and oxygen atoms in total. The molecule has 0 bridgehead atoms. The predicted octanol–water partition coefficient (Wildman–Crippen LogP) is 1.27. The van der Waals surface area contributed by atoms with Gasteiger partial charge >= 0.3 is 0 Å².